The molecule has 4 unspecified atom stereocenters. The lowest BCUT2D eigenvalue weighted by molar-refractivity contribution is -0.397. The molecule has 0 amide bonds. The van der Waals surface area contributed by atoms with E-state index in [0.717, 1.165) is 32.1 Å². The van der Waals surface area contributed by atoms with E-state index in [0.29, 0.717) is 25.9 Å². The van der Waals surface area contributed by atoms with Crippen LogP contribution >= 0.6 is 0 Å². The summed E-state index contributed by atoms with van der Waals surface area (Å²) in [5.74, 6) is 0.477. The molecule has 4 heterocycles. The number of hydrogen-bond acceptors (Lipinski definition) is 18. The van der Waals surface area contributed by atoms with Crippen molar-refractivity contribution in [3.8, 4) is 0 Å². The third-order valence-corrected chi connectivity index (χ3v) is 19.3. The summed E-state index contributed by atoms with van der Waals surface area (Å²) in [7, 11) is 0. The Morgan fingerprint density at radius 3 is 1.83 bits per heavy atom. The van der Waals surface area contributed by atoms with Gasteiger partial charge in [0.05, 0.1) is 50.3 Å². The Morgan fingerprint density at radius 2 is 1.23 bits per heavy atom. The summed E-state index contributed by atoms with van der Waals surface area (Å²) in [5.41, 5.74) is -2.06. The largest absolute Gasteiger partial charge is 0.396 e. The molecular weight excluding hydrogens is 852 g/mol. The number of fused-ring (bicyclic) bond motifs is 4. The first-order valence-electron chi connectivity index (χ1n) is 24.1. The van der Waals surface area contributed by atoms with Crippen molar-refractivity contribution in [1.82, 2.24) is 0 Å². The van der Waals surface area contributed by atoms with Gasteiger partial charge in [0, 0.05) is 22.2 Å². The highest BCUT2D eigenvalue weighted by Crippen LogP contribution is 2.75. The Hall–Kier alpha value is -0.980. The minimum atomic E-state index is -1.88. The molecule has 0 aromatic rings. The normalized spacial score (nSPS) is 58.3. The van der Waals surface area contributed by atoms with Gasteiger partial charge in [-0.2, -0.15) is 0 Å². The van der Waals surface area contributed by atoms with E-state index in [9.17, 15) is 56.2 Å². The maximum atomic E-state index is 12.1. The second kappa shape index (κ2) is 17.1. The number of ether oxygens (including phenoxy) is 7. The fourth-order valence-electron chi connectivity index (χ4n) is 15.3. The third-order valence-electron chi connectivity index (χ3n) is 19.3. The van der Waals surface area contributed by atoms with Crippen LogP contribution in [-0.2, 0) is 33.2 Å². The van der Waals surface area contributed by atoms with E-state index in [4.69, 9.17) is 33.2 Å². The molecule has 26 atom stereocenters. The minimum absolute atomic E-state index is 0.0643. The van der Waals surface area contributed by atoms with Crippen LogP contribution in [0, 0.1) is 50.7 Å². The molecule has 18 nitrogen and oxygen atoms in total. The Balaban J connectivity index is 1.02. The first-order chi connectivity index (χ1) is 30.6. The third kappa shape index (κ3) is 7.24. The number of hydrogen-bond donors (Lipinski definition) is 11. The molecule has 4 aliphatic heterocycles. The minimum Gasteiger partial charge on any atom is -0.396 e. The summed E-state index contributed by atoms with van der Waals surface area (Å²) in [6.07, 6.45) is -14.1. The molecule has 65 heavy (non-hydrogen) atoms. The maximum Gasteiger partial charge on any atom is 0.187 e. The van der Waals surface area contributed by atoms with Crippen LogP contribution in [0.2, 0.25) is 0 Å². The van der Waals surface area contributed by atoms with Gasteiger partial charge in [-0.1, -0.05) is 46.8 Å². The standard InChI is InChI=1S/C47H76O18/c1-21-30(52)37(64-39-35(57)33(55)31(53)24(17-48)61-39)38(65-40-36(58)34(56)32(54)25(18-49)62-40)41(60-21)63-29-10-11-43(4)22-9-12-47-27-15-42(2,3)13-14-46(27,20-59-47)28(51)16-45(47,6)23(22)7-8-26(43)44(29,5)19-50/h9,12,21-41,48-58H,7-8,10-11,13-20H2,1-6H3/t21-,22?,23?,24-,25-,26?,27?,28+,29+,30+,31-,32-,33+,34+,35-,36-,37+,38-,39+,40+,41+,43-,44+,45+,46-,47+/m1/s1. The van der Waals surface area contributed by atoms with Crippen LogP contribution in [0.15, 0.2) is 12.2 Å². The van der Waals surface area contributed by atoms with Crippen molar-refractivity contribution in [2.45, 2.75) is 203 Å². The fraction of sp³-hybridized carbons (Fsp3) is 0.957. The highest BCUT2D eigenvalue weighted by Gasteiger charge is 2.76. The van der Waals surface area contributed by atoms with Crippen LogP contribution in [0.5, 0.6) is 0 Å². The zero-order valence-corrected chi connectivity index (χ0v) is 38.5. The molecule has 8 fully saturated rings. The van der Waals surface area contributed by atoms with Crippen molar-refractivity contribution in [2.75, 3.05) is 26.4 Å². The van der Waals surface area contributed by atoms with Crippen LogP contribution in [0.1, 0.15) is 92.9 Å². The summed E-state index contributed by atoms with van der Waals surface area (Å²) in [6, 6.07) is 0. The average Bonchev–Trinajstić information content (AvgIpc) is 3.55. The van der Waals surface area contributed by atoms with Crippen LogP contribution in [0.3, 0.4) is 0 Å². The second-order valence-electron chi connectivity index (χ2n) is 23.1. The van der Waals surface area contributed by atoms with Crippen molar-refractivity contribution >= 4 is 0 Å². The van der Waals surface area contributed by atoms with Gasteiger partial charge in [-0.25, -0.2) is 0 Å². The van der Waals surface area contributed by atoms with Gasteiger partial charge in [0.25, 0.3) is 0 Å². The average molecular weight is 929 g/mol. The molecule has 0 aromatic carbocycles. The highest BCUT2D eigenvalue weighted by molar-refractivity contribution is 5.33. The predicted octanol–water partition coefficient (Wildman–Crippen LogP) is -0.789. The summed E-state index contributed by atoms with van der Waals surface area (Å²) in [4.78, 5) is 0. The fourth-order valence-corrected chi connectivity index (χ4v) is 15.3. The molecule has 9 rings (SSSR count). The Bertz CT molecular complexity index is 1750. The Kier molecular flexibility index (Phi) is 12.9. The monoisotopic (exact) mass is 929 g/mol. The van der Waals surface area contributed by atoms with Gasteiger partial charge in [-0.05, 0) is 86.9 Å². The Morgan fingerprint density at radius 1 is 0.615 bits per heavy atom. The zero-order valence-electron chi connectivity index (χ0n) is 38.5. The lowest BCUT2D eigenvalue weighted by atomic mass is 9.36. The van der Waals surface area contributed by atoms with Crippen molar-refractivity contribution in [2.24, 2.45) is 50.7 Å². The van der Waals surface area contributed by atoms with Gasteiger partial charge in [0.1, 0.15) is 67.1 Å². The van der Waals surface area contributed by atoms with E-state index in [1.165, 1.54) is 0 Å². The molecular formula is C47H76O18. The first kappa shape index (κ1) is 49.0. The predicted molar refractivity (Wildman–Crippen MR) is 225 cm³/mol. The van der Waals surface area contributed by atoms with E-state index in [1.54, 1.807) is 6.92 Å². The smallest absolute Gasteiger partial charge is 0.187 e. The van der Waals surface area contributed by atoms with Crippen LogP contribution < -0.4 is 0 Å². The first-order valence-corrected chi connectivity index (χ1v) is 24.1. The molecule has 2 bridgehead atoms. The van der Waals surface area contributed by atoms with E-state index < -0.39 is 129 Å². The van der Waals surface area contributed by atoms with Gasteiger partial charge in [-0.15, -0.1) is 0 Å². The van der Waals surface area contributed by atoms with Gasteiger partial charge in [0.2, 0.25) is 0 Å². The van der Waals surface area contributed by atoms with Crippen molar-refractivity contribution < 1.29 is 89.3 Å². The number of aliphatic hydroxyl groups is 11. The van der Waals surface area contributed by atoms with Crippen LogP contribution in [0.25, 0.3) is 0 Å². The number of allylic oxidation sites excluding steroid dienone is 1. The van der Waals surface area contributed by atoms with E-state index in [1.807, 2.05) is 6.92 Å². The van der Waals surface area contributed by atoms with Gasteiger partial charge in [-0.3, -0.25) is 0 Å². The lowest BCUT2D eigenvalue weighted by Crippen LogP contribution is -2.70. The molecule has 9 aliphatic rings. The topological polar surface area (TPSA) is 287 Å². The van der Waals surface area contributed by atoms with Gasteiger partial charge >= 0.3 is 0 Å². The molecule has 1 spiro atoms. The highest BCUT2D eigenvalue weighted by atomic mass is 16.8. The summed E-state index contributed by atoms with van der Waals surface area (Å²) >= 11 is 0. The molecule has 0 aromatic heterocycles. The molecule has 5 aliphatic carbocycles. The molecule has 0 radical (unpaired) electrons. The SMILES string of the molecule is C[C@H]1O[C@@H](O[C@H]2CC[C@]3(C)C4C=C[C@]56OC[C@@]7(CCC(C)(C)CC75)[C@@H](O)C[C@@]6(C)C4CCC3[C@]2(C)CO)[C@H](O[C@@H]2O[C@H](CO)[C@@H](O)[C@H](O)[C@H]2O)[C@@H](O[C@@H]2O[C@H](CO)[C@@H](O)[C@H](O)[C@H]2O)[C@H]1O. The van der Waals surface area contributed by atoms with Crippen LogP contribution in [0.4, 0.5) is 0 Å². The van der Waals surface area contributed by atoms with Gasteiger partial charge in [0.15, 0.2) is 18.9 Å². The second-order valence-corrected chi connectivity index (χ2v) is 23.1. The molecule has 372 valence electrons. The van der Waals surface area contributed by atoms with Crippen molar-refractivity contribution in [3.63, 3.8) is 0 Å². The van der Waals surface area contributed by atoms with E-state index in [2.05, 4.69) is 39.8 Å². The van der Waals surface area contributed by atoms with Crippen molar-refractivity contribution in [3.05, 3.63) is 12.2 Å². The number of rotatable bonds is 9. The molecule has 4 saturated carbocycles. The molecule has 4 saturated heterocycles. The summed E-state index contributed by atoms with van der Waals surface area (Å²) in [5, 5.41) is 120. The van der Waals surface area contributed by atoms with E-state index >= 15 is 0 Å². The maximum absolute atomic E-state index is 12.1. The number of aliphatic hydroxyl groups excluding tert-OH is 11. The summed E-state index contributed by atoms with van der Waals surface area (Å²) < 4.78 is 44.2. The quantitative estimate of drug-likeness (QED) is 0.0998. The molecule has 18 heteroatoms. The van der Waals surface area contributed by atoms with Crippen molar-refractivity contribution in [1.29, 1.82) is 0 Å². The van der Waals surface area contributed by atoms with Crippen LogP contribution in [-0.4, -0.2) is 193 Å². The summed E-state index contributed by atoms with van der Waals surface area (Å²) in [6.45, 7) is 11.7. The van der Waals surface area contributed by atoms with Gasteiger partial charge < -0.3 is 89.3 Å². The van der Waals surface area contributed by atoms with E-state index in [-0.39, 0.29) is 51.9 Å². The Labute approximate surface area is 380 Å². The molecule has 11 N–H and O–H groups in total. The zero-order chi connectivity index (χ0) is 47.0. The lowest BCUT2D eigenvalue weighted by Gasteiger charge is -2.69.